The van der Waals surface area contributed by atoms with Gasteiger partial charge in [-0.25, -0.2) is 0 Å². The Kier molecular flexibility index (Phi) is 3.21. The monoisotopic (exact) mass is 256 g/mol. The topological polar surface area (TPSA) is 29.5 Å². The summed E-state index contributed by atoms with van der Waals surface area (Å²) in [7, 11) is 0. The molecule has 76 valence electrons. The molecular weight excluding hydrogens is 244 g/mol. The van der Waals surface area contributed by atoms with Crippen molar-refractivity contribution < 1.29 is 9.84 Å². The maximum Gasteiger partial charge on any atom is 0.0827 e. The van der Waals surface area contributed by atoms with Crippen LogP contribution in [-0.4, -0.2) is 17.8 Å². The highest BCUT2D eigenvalue weighted by molar-refractivity contribution is 9.10. The molecule has 0 aliphatic carbocycles. The van der Waals surface area contributed by atoms with Crippen LogP contribution in [0.4, 0.5) is 0 Å². The lowest BCUT2D eigenvalue weighted by Crippen LogP contribution is -2.24. The first-order valence-electron chi connectivity index (χ1n) is 4.81. The van der Waals surface area contributed by atoms with E-state index in [4.69, 9.17) is 4.74 Å². The molecular formula is C11H13BrO2. The zero-order valence-corrected chi connectivity index (χ0v) is 9.40. The third-order valence-electron chi connectivity index (χ3n) is 2.49. The fourth-order valence-corrected chi connectivity index (χ4v) is 1.94. The summed E-state index contributed by atoms with van der Waals surface area (Å²) in [5.41, 5.74) is 1.19. The van der Waals surface area contributed by atoms with Crippen molar-refractivity contribution >= 4 is 15.9 Å². The molecule has 1 fully saturated rings. The predicted octanol–water partition coefficient (Wildman–Crippen LogP) is 2.66. The van der Waals surface area contributed by atoms with Crippen LogP contribution in [-0.2, 0) is 4.74 Å². The minimum absolute atomic E-state index is 0.159. The normalized spacial score (nSPS) is 27.6. The Hall–Kier alpha value is -0.380. The Morgan fingerprint density at radius 2 is 1.93 bits per heavy atom. The molecule has 1 aromatic carbocycles. The molecule has 1 aliphatic heterocycles. The molecule has 2 nitrogen and oxygen atoms in total. The molecule has 14 heavy (non-hydrogen) atoms. The second-order valence-electron chi connectivity index (χ2n) is 3.60. The lowest BCUT2D eigenvalue weighted by atomic mass is 10.0. The van der Waals surface area contributed by atoms with Crippen LogP contribution in [0.1, 0.15) is 24.5 Å². The van der Waals surface area contributed by atoms with Crippen molar-refractivity contribution in [3.05, 3.63) is 34.3 Å². The highest BCUT2D eigenvalue weighted by Crippen LogP contribution is 2.28. The van der Waals surface area contributed by atoms with Crippen LogP contribution in [0, 0.1) is 0 Å². The standard InChI is InChI=1S/C11H13BrO2/c12-9-3-1-8(2-4-9)11-6-5-10(13)7-14-11/h1-4,10-11,13H,5-7H2/t10-,11+/m1/s1. The van der Waals surface area contributed by atoms with Gasteiger partial charge in [0.25, 0.3) is 0 Å². The van der Waals surface area contributed by atoms with Crippen molar-refractivity contribution in [2.24, 2.45) is 0 Å². The van der Waals surface area contributed by atoms with E-state index in [0.717, 1.165) is 17.3 Å². The molecule has 1 aliphatic rings. The van der Waals surface area contributed by atoms with Crippen LogP contribution >= 0.6 is 15.9 Å². The lowest BCUT2D eigenvalue weighted by molar-refractivity contribution is -0.0568. The van der Waals surface area contributed by atoms with Gasteiger partial charge in [0.1, 0.15) is 0 Å². The molecule has 0 amide bonds. The number of aliphatic hydroxyl groups is 1. The van der Waals surface area contributed by atoms with E-state index >= 15 is 0 Å². The van der Waals surface area contributed by atoms with E-state index in [-0.39, 0.29) is 12.2 Å². The van der Waals surface area contributed by atoms with Crippen molar-refractivity contribution in [3.8, 4) is 0 Å². The maximum absolute atomic E-state index is 9.29. The molecule has 1 saturated heterocycles. The summed E-state index contributed by atoms with van der Waals surface area (Å²) in [6.45, 7) is 0.459. The average molecular weight is 257 g/mol. The number of benzene rings is 1. The van der Waals surface area contributed by atoms with E-state index in [1.807, 2.05) is 12.1 Å². The van der Waals surface area contributed by atoms with Gasteiger partial charge in [-0.05, 0) is 30.5 Å². The fraction of sp³-hybridized carbons (Fsp3) is 0.455. The summed E-state index contributed by atoms with van der Waals surface area (Å²) in [4.78, 5) is 0. The summed E-state index contributed by atoms with van der Waals surface area (Å²) in [5.74, 6) is 0. The van der Waals surface area contributed by atoms with Gasteiger partial charge in [-0.3, -0.25) is 0 Å². The number of hydrogen-bond donors (Lipinski definition) is 1. The molecule has 0 unspecified atom stereocenters. The average Bonchev–Trinajstić information content (AvgIpc) is 2.21. The molecule has 0 bridgehead atoms. The maximum atomic E-state index is 9.29. The minimum Gasteiger partial charge on any atom is -0.391 e. The molecule has 3 heteroatoms. The van der Waals surface area contributed by atoms with Crippen molar-refractivity contribution in [2.45, 2.75) is 25.0 Å². The van der Waals surface area contributed by atoms with Gasteiger partial charge < -0.3 is 9.84 Å². The smallest absolute Gasteiger partial charge is 0.0827 e. The number of aliphatic hydroxyl groups excluding tert-OH is 1. The Morgan fingerprint density at radius 3 is 2.50 bits per heavy atom. The third-order valence-corrected chi connectivity index (χ3v) is 3.02. The first-order valence-corrected chi connectivity index (χ1v) is 5.60. The van der Waals surface area contributed by atoms with E-state index in [2.05, 4.69) is 28.1 Å². The molecule has 2 atom stereocenters. The second-order valence-corrected chi connectivity index (χ2v) is 4.52. The van der Waals surface area contributed by atoms with Crippen molar-refractivity contribution in [2.75, 3.05) is 6.61 Å². The minimum atomic E-state index is -0.276. The molecule has 0 radical (unpaired) electrons. The summed E-state index contributed by atoms with van der Waals surface area (Å²) < 4.78 is 6.63. The van der Waals surface area contributed by atoms with Gasteiger partial charge >= 0.3 is 0 Å². The van der Waals surface area contributed by atoms with Gasteiger partial charge in [-0.15, -0.1) is 0 Å². The number of hydrogen-bond acceptors (Lipinski definition) is 2. The number of ether oxygens (including phenoxy) is 1. The summed E-state index contributed by atoms with van der Waals surface area (Å²) in [6.07, 6.45) is 1.62. The molecule has 1 N–H and O–H groups in total. The highest BCUT2D eigenvalue weighted by Gasteiger charge is 2.20. The van der Waals surface area contributed by atoms with Crippen molar-refractivity contribution in [3.63, 3.8) is 0 Å². The van der Waals surface area contributed by atoms with Crippen LogP contribution in [0.5, 0.6) is 0 Å². The molecule has 1 heterocycles. The van der Waals surface area contributed by atoms with Crippen LogP contribution < -0.4 is 0 Å². The lowest BCUT2D eigenvalue weighted by Gasteiger charge is -2.26. The van der Waals surface area contributed by atoms with Gasteiger partial charge in [0.05, 0.1) is 18.8 Å². The van der Waals surface area contributed by atoms with Gasteiger partial charge in [-0.1, -0.05) is 28.1 Å². The van der Waals surface area contributed by atoms with Crippen molar-refractivity contribution in [1.29, 1.82) is 0 Å². The predicted molar refractivity (Wildman–Crippen MR) is 58.1 cm³/mol. The Morgan fingerprint density at radius 1 is 1.21 bits per heavy atom. The van der Waals surface area contributed by atoms with Crippen molar-refractivity contribution in [1.82, 2.24) is 0 Å². The van der Waals surface area contributed by atoms with E-state index in [1.165, 1.54) is 5.56 Å². The van der Waals surface area contributed by atoms with Crippen LogP contribution in [0.15, 0.2) is 28.7 Å². The molecule has 0 saturated carbocycles. The van der Waals surface area contributed by atoms with Crippen LogP contribution in [0.2, 0.25) is 0 Å². The zero-order valence-electron chi connectivity index (χ0n) is 7.82. The number of halogens is 1. The first kappa shape index (κ1) is 10.1. The largest absolute Gasteiger partial charge is 0.391 e. The molecule has 2 rings (SSSR count). The Labute approximate surface area is 92.0 Å². The highest BCUT2D eigenvalue weighted by atomic mass is 79.9. The Bertz CT molecular complexity index is 289. The fourth-order valence-electron chi connectivity index (χ4n) is 1.68. The zero-order chi connectivity index (χ0) is 9.97. The second kappa shape index (κ2) is 4.43. The molecule has 0 spiro atoms. The number of rotatable bonds is 1. The quantitative estimate of drug-likeness (QED) is 0.838. The van der Waals surface area contributed by atoms with Crippen LogP contribution in [0.25, 0.3) is 0 Å². The van der Waals surface area contributed by atoms with Gasteiger partial charge in [0, 0.05) is 4.47 Å². The van der Waals surface area contributed by atoms with Gasteiger partial charge in [0.15, 0.2) is 0 Å². The van der Waals surface area contributed by atoms with E-state index < -0.39 is 0 Å². The Balaban J connectivity index is 2.05. The first-order chi connectivity index (χ1) is 6.75. The van der Waals surface area contributed by atoms with E-state index in [9.17, 15) is 5.11 Å². The van der Waals surface area contributed by atoms with Crippen LogP contribution in [0.3, 0.4) is 0 Å². The molecule has 1 aromatic rings. The summed E-state index contributed by atoms with van der Waals surface area (Å²) >= 11 is 3.40. The van der Waals surface area contributed by atoms with E-state index in [1.54, 1.807) is 0 Å². The van der Waals surface area contributed by atoms with Gasteiger partial charge in [-0.2, -0.15) is 0 Å². The third kappa shape index (κ3) is 2.35. The summed E-state index contributed by atoms with van der Waals surface area (Å²) in [6, 6.07) is 8.16. The van der Waals surface area contributed by atoms with E-state index in [0.29, 0.717) is 6.61 Å². The summed E-state index contributed by atoms with van der Waals surface area (Å²) in [5, 5.41) is 9.29. The van der Waals surface area contributed by atoms with Gasteiger partial charge in [0.2, 0.25) is 0 Å². The molecule has 0 aromatic heterocycles. The SMILES string of the molecule is O[C@@H]1CC[C@@H](c2ccc(Br)cc2)OC1.